The Labute approximate surface area is 101 Å². The van der Waals surface area contributed by atoms with Gasteiger partial charge in [-0.05, 0) is 8.55 Å². The van der Waals surface area contributed by atoms with Gasteiger partial charge in [0.1, 0.15) is 5.11 Å². The summed E-state index contributed by atoms with van der Waals surface area (Å²) < 4.78 is 0. The molecule has 5 heteroatoms. The molecule has 0 atom stereocenters. The number of hydrogen-bond donors (Lipinski definition) is 2. The van der Waals surface area contributed by atoms with Crippen LogP contribution in [-0.2, 0) is 0 Å². The fourth-order valence-electron chi connectivity index (χ4n) is 1.42. The lowest BCUT2D eigenvalue weighted by atomic mass is 10.5. The largest absolute Gasteiger partial charge is 0.260 e. The average molecular weight is 254 g/mol. The third-order valence-electron chi connectivity index (χ3n) is 2.23. The zero-order chi connectivity index (χ0) is 11.1. The minimum atomic E-state index is -0.256. The molecule has 0 aliphatic carbocycles. The Kier molecular flexibility index (Phi) is 8.53. The second kappa shape index (κ2) is 8.05. The standard InChI is InChI=1S/C9H22N2S3/c1-5-10(6-2)9(14(12)13)11(7-3)8-4/h12-13H,5-8H2,1-4H3. The Hall–Kier alpha value is 0.840. The SMILES string of the molecule is CCN(CC)C(N(CC)CC)=S(S)S. The van der Waals surface area contributed by atoms with Gasteiger partial charge < -0.3 is 0 Å². The molecule has 0 fully saturated rings. The normalized spacial score (nSPS) is 11.8. The summed E-state index contributed by atoms with van der Waals surface area (Å²) >= 11 is 8.92. The van der Waals surface area contributed by atoms with Crippen molar-refractivity contribution in [3.05, 3.63) is 0 Å². The maximum Gasteiger partial charge on any atom is 0.108 e. The highest BCUT2D eigenvalue weighted by atomic mass is 33.5. The highest BCUT2D eigenvalue weighted by Crippen LogP contribution is 2.27. The first kappa shape index (κ1) is 14.8. The monoisotopic (exact) mass is 254 g/mol. The van der Waals surface area contributed by atoms with Gasteiger partial charge in [-0.15, -0.1) is 23.3 Å². The summed E-state index contributed by atoms with van der Waals surface area (Å²) in [6.45, 7) is 12.8. The first-order valence-electron chi connectivity index (χ1n) is 5.11. The van der Waals surface area contributed by atoms with Crippen LogP contribution in [0.3, 0.4) is 0 Å². The topological polar surface area (TPSA) is 6.48 Å². The van der Waals surface area contributed by atoms with Gasteiger partial charge in [-0.25, -0.2) is 0 Å². The predicted octanol–water partition coefficient (Wildman–Crippen LogP) is 2.72. The van der Waals surface area contributed by atoms with Crippen molar-refractivity contribution in [3.8, 4) is 0 Å². The van der Waals surface area contributed by atoms with E-state index in [2.05, 4.69) is 60.8 Å². The Morgan fingerprint density at radius 3 is 1.29 bits per heavy atom. The van der Waals surface area contributed by atoms with Crippen LogP contribution in [0, 0.1) is 0 Å². The van der Waals surface area contributed by atoms with Crippen LogP contribution < -0.4 is 0 Å². The van der Waals surface area contributed by atoms with Crippen molar-refractivity contribution in [1.29, 1.82) is 0 Å². The molecule has 0 aromatic heterocycles. The van der Waals surface area contributed by atoms with E-state index in [4.69, 9.17) is 0 Å². The molecule has 0 aromatic carbocycles. The van der Waals surface area contributed by atoms with Crippen molar-refractivity contribution < 1.29 is 0 Å². The molecule has 0 heterocycles. The zero-order valence-corrected chi connectivity index (χ0v) is 12.1. The summed E-state index contributed by atoms with van der Waals surface area (Å²) in [4.78, 5) is 4.66. The van der Waals surface area contributed by atoms with Crippen molar-refractivity contribution >= 4 is 37.0 Å². The summed E-state index contributed by atoms with van der Waals surface area (Å²) in [5.74, 6) is 0. The fourth-order valence-corrected chi connectivity index (χ4v) is 3.78. The van der Waals surface area contributed by atoms with Gasteiger partial charge in [-0.3, -0.25) is 9.80 Å². The van der Waals surface area contributed by atoms with Crippen LogP contribution in [0.5, 0.6) is 0 Å². The van der Waals surface area contributed by atoms with Crippen LogP contribution >= 0.6 is 31.9 Å². The summed E-state index contributed by atoms with van der Waals surface area (Å²) in [7, 11) is -0.256. The number of hydrogen-bond acceptors (Lipinski definition) is 2. The summed E-state index contributed by atoms with van der Waals surface area (Å²) in [5, 5.41) is 1.26. The molecule has 0 aliphatic heterocycles. The molecule has 14 heavy (non-hydrogen) atoms. The summed E-state index contributed by atoms with van der Waals surface area (Å²) in [5.41, 5.74) is 0. The van der Waals surface area contributed by atoms with Crippen molar-refractivity contribution in [2.75, 3.05) is 26.2 Å². The van der Waals surface area contributed by atoms with Crippen molar-refractivity contribution in [2.45, 2.75) is 27.7 Å². The van der Waals surface area contributed by atoms with E-state index in [1.54, 1.807) is 0 Å². The highest BCUT2D eigenvalue weighted by Gasteiger charge is 2.15. The molecule has 0 aromatic rings. The molecular formula is C9H22N2S3. The second-order valence-corrected chi connectivity index (χ2v) is 6.84. The van der Waals surface area contributed by atoms with E-state index in [1.165, 1.54) is 5.11 Å². The number of nitrogens with zero attached hydrogens (tertiary/aromatic N) is 2. The van der Waals surface area contributed by atoms with Crippen molar-refractivity contribution in [3.63, 3.8) is 0 Å². The molecule has 0 saturated heterocycles. The van der Waals surface area contributed by atoms with Gasteiger partial charge in [0.25, 0.3) is 0 Å². The molecule has 0 rings (SSSR count). The molecular weight excluding hydrogens is 232 g/mol. The smallest absolute Gasteiger partial charge is 0.108 e. The van der Waals surface area contributed by atoms with E-state index in [1.807, 2.05) is 0 Å². The molecule has 2 nitrogen and oxygen atoms in total. The minimum Gasteiger partial charge on any atom is -0.260 e. The van der Waals surface area contributed by atoms with E-state index >= 15 is 0 Å². The van der Waals surface area contributed by atoms with Gasteiger partial charge >= 0.3 is 0 Å². The maximum atomic E-state index is 4.46. The summed E-state index contributed by atoms with van der Waals surface area (Å²) in [6, 6.07) is 0. The lowest BCUT2D eigenvalue weighted by Gasteiger charge is -2.31. The predicted molar refractivity (Wildman–Crippen MR) is 76.4 cm³/mol. The van der Waals surface area contributed by atoms with Gasteiger partial charge in [0.05, 0.1) is 0 Å². The molecule has 0 N–H and O–H groups in total. The van der Waals surface area contributed by atoms with E-state index < -0.39 is 0 Å². The van der Waals surface area contributed by atoms with E-state index in [0.29, 0.717) is 0 Å². The van der Waals surface area contributed by atoms with Gasteiger partial charge in [0, 0.05) is 26.2 Å². The molecule has 0 amide bonds. The molecule has 0 unspecified atom stereocenters. The average Bonchev–Trinajstić information content (AvgIpc) is 2.18. The molecule has 0 saturated carbocycles. The van der Waals surface area contributed by atoms with Gasteiger partial charge in [0.2, 0.25) is 0 Å². The van der Waals surface area contributed by atoms with Crippen LogP contribution in [0.15, 0.2) is 0 Å². The lowest BCUT2D eigenvalue weighted by molar-refractivity contribution is 0.363. The fraction of sp³-hybridized carbons (Fsp3) is 0.889. The molecule has 0 aliphatic rings. The first-order chi connectivity index (χ1) is 6.62. The quantitative estimate of drug-likeness (QED) is 0.452. The Bertz CT molecular complexity index is 168. The van der Waals surface area contributed by atoms with Crippen LogP contribution in [0.25, 0.3) is 0 Å². The minimum absolute atomic E-state index is 0.256. The molecule has 0 bridgehead atoms. The third-order valence-corrected chi connectivity index (χ3v) is 4.05. The third kappa shape index (κ3) is 4.14. The Morgan fingerprint density at radius 1 is 0.857 bits per heavy atom. The van der Waals surface area contributed by atoms with Crippen LogP contribution in [-0.4, -0.2) is 41.1 Å². The van der Waals surface area contributed by atoms with Gasteiger partial charge in [0.15, 0.2) is 0 Å². The number of rotatable bonds is 4. The molecule has 86 valence electrons. The van der Waals surface area contributed by atoms with Crippen LogP contribution in [0.4, 0.5) is 0 Å². The van der Waals surface area contributed by atoms with E-state index in [0.717, 1.165) is 26.2 Å². The van der Waals surface area contributed by atoms with E-state index in [9.17, 15) is 0 Å². The first-order valence-corrected chi connectivity index (χ1v) is 8.44. The van der Waals surface area contributed by atoms with Crippen LogP contribution in [0.1, 0.15) is 27.7 Å². The highest BCUT2D eigenvalue weighted by molar-refractivity contribution is 9.07. The molecule has 0 radical (unpaired) electrons. The lowest BCUT2D eigenvalue weighted by Crippen LogP contribution is -2.43. The van der Waals surface area contributed by atoms with Crippen molar-refractivity contribution in [1.82, 2.24) is 9.80 Å². The summed E-state index contributed by atoms with van der Waals surface area (Å²) in [6.07, 6.45) is 0. The Balaban J connectivity index is 4.84. The van der Waals surface area contributed by atoms with Gasteiger partial charge in [-0.1, -0.05) is 27.7 Å². The molecule has 0 spiro atoms. The zero-order valence-electron chi connectivity index (χ0n) is 9.53. The van der Waals surface area contributed by atoms with Crippen molar-refractivity contribution in [2.24, 2.45) is 0 Å². The maximum absolute atomic E-state index is 4.46. The van der Waals surface area contributed by atoms with E-state index in [-0.39, 0.29) is 8.55 Å². The number of thiol groups is 2. The second-order valence-electron chi connectivity index (χ2n) is 2.89. The Morgan fingerprint density at radius 2 is 1.14 bits per heavy atom. The van der Waals surface area contributed by atoms with Crippen LogP contribution in [0.2, 0.25) is 0 Å². The van der Waals surface area contributed by atoms with Gasteiger partial charge in [-0.2, -0.15) is 0 Å².